The molecule has 0 spiro atoms. The zero-order valence-electron chi connectivity index (χ0n) is 22.6. The molecule has 0 amide bonds. The summed E-state index contributed by atoms with van der Waals surface area (Å²) < 4.78 is 10.5. The topological polar surface area (TPSA) is 58.9 Å². The highest BCUT2D eigenvalue weighted by atomic mass is 16.5. The van der Waals surface area contributed by atoms with E-state index in [2.05, 4.69) is 40.7 Å². The van der Waals surface area contributed by atoms with Gasteiger partial charge in [0.1, 0.15) is 0 Å². The monoisotopic (exact) mass is 462 g/mol. The Kier molecular flexibility index (Phi) is 13.4. The zero-order chi connectivity index (χ0) is 25.0. The van der Waals surface area contributed by atoms with Crippen molar-refractivity contribution >= 4 is 0 Å². The Morgan fingerprint density at radius 2 is 1.27 bits per heavy atom. The van der Waals surface area contributed by atoms with Gasteiger partial charge >= 0.3 is 0 Å². The number of phenolic OH excluding ortho intramolecular Hbond substituents is 2. The van der Waals surface area contributed by atoms with Crippen LogP contribution < -0.4 is 9.47 Å². The standard InChI is InChI=1S/C29H50O4/c1-20(2)12-9-13-21(3)14-10-15-22(4)16-11-17-23(5)18-19-25-24(6)26(30)28(32-7)29(33-8)27(25)31/h18,20-22,30-31H,9-17,19H2,1-8H3. The molecule has 2 unspecified atom stereocenters. The summed E-state index contributed by atoms with van der Waals surface area (Å²) in [6.07, 6.45) is 14.4. The lowest BCUT2D eigenvalue weighted by Gasteiger charge is -2.17. The van der Waals surface area contributed by atoms with Gasteiger partial charge in [0, 0.05) is 11.1 Å². The first kappa shape index (κ1) is 29.2. The highest BCUT2D eigenvalue weighted by Crippen LogP contribution is 2.48. The van der Waals surface area contributed by atoms with E-state index < -0.39 is 0 Å². The van der Waals surface area contributed by atoms with Gasteiger partial charge in [-0.15, -0.1) is 0 Å². The van der Waals surface area contributed by atoms with Crippen molar-refractivity contribution in [3.8, 4) is 23.0 Å². The van der Waals surface area contributed by atoms with Crippen molar-refractivity contribution in [2.45, 2.75) is 106 Å². The van der Waals surface area contributed by atoms with Crippen molar-refractivity contribution < 1.29 is 19.7 Å². The summed E-state index contributed by atoms with van der Waals surface area (Å²) in [5, 5.41) is 21.0. The van der Waals surface area contributed by atoms with Crippen LogP contribution in [0.2, 0.25) is 0 Å². The average Bonchev–Trinajstić information content (AvgIpc) is 2.75. The molecule has 190 valence electrons. The van der Waals surface area contributed by atoms with E-state index in [1.807, 2.05) is 0 Å². The lowest BCUT2D eigenvalue weighted by atomic mass is 9.91. The van der Waals surface area contributed by atoms with Gasteiger partial charge in [0.25, 0.3) is 0 Å². The van der Waals surface area contributed by atoms with Crippen LogP contribution >= 0.6 is 0 Å². The minimum absolute atomic E-state index is 0.0243. The number of phenols is 2. The number of benzene rings is 1. The predicted molar refractivity (Wildman–Crippen MR) is 140 cm³/mol. The van der Waals surface area contributed by atoms with Gasteiger partial charge in [0.15, 0.2) is 11.5 Å². The Morgan fingerprint density at radius 3 is 1.79 bits per heavy atom. The molecule has 1 rings (SSSR count). The van der Waals surface area contributed by atoms with Gasteiger partial charge < -0.3 is 19.7 Å². The molecule has 0 aliphatic heterocycles. The van der Waals surface area contributed by atoms with E-state index in [1.165, 1.54) is 71.2 Å². The number of hydrogen-bond acceptors (Lipinski definition) is 4. The number of aromatic hydroxyl groups is 2. The minimum Gasteiger partial charge on any atom is -0.504 e. The third kappa shape index (κ3) is 9.90. The van der Waals surface area contributed by atoms with Crippen LogP contribution in [0, 0.1) is 24.7 Å². The van der Waals surface area contributed by atoms with E-state index in [0.717, 1.165) is 24.2 Å². The lowest BCUT2D eigenvalue weighted by molar-refractivity contribution is 0.314. The highest BCUT2D eigenvalue weighted by Gasteiger charge is 2.22. The van der Waals surface area contributed by atoms with Crippen LogP contribution in [-0.4, -0.2) is 24.4 Å². The van der Waals surface area contributed by atoms with Crippen molar-refractivity contribution in [3.05, 3.63) is 22.8 Å². The van der Waals surface area contributed by atoms with Gasteiger partial charge in [0.05, 0.1) is 14.2 Å². The Balaban J connectivity index is 2.44. The van der Waals surface area contributed by atoms with Crippen LogP contribution in [0.25, 0.3) is 0 Å². The fourth-order valence-electron chi connectivity index (χ4n) is 4.56. The molecule has 4 heteroatoms. The van der Waals surface area contributed by atoms with Gasteiger partial charge in [-0.2, -0.15) is 0 Å². The average molecular weight is 463 g/mol. The number of ether oxygens (including phenoxy) is 2. The number of allylic oxidation sites excluding steroid dienone is 2. The van der Waals surface area contributed by atoms with Crippen LogP contribution in [0.1, 0.15) is 104 Å². The molecular formula is C29H50O4. The van der Waals surface area contributed by atoms with Crippen molar-refractivity contribution in [2.75, 3.05) is 14.2 Å². The first-order chi connectivity index (χ1) is 15.6. The number of rotatable bonds is 16. The summed E-state index contributed by atoms with van der Waals surface area (Å²) in [6, 6.07) is 0. The first-order valence-corrected chi connectivity index (χ1v) is 12.9. The molecular weight excluding hydrogens is 412 g/mol. The lowest BCUT2D eigenvalue weighted by Crippen LogP contribution is -2.00. The van der Waals surface area contributed by atoms with Crippen LogP contribution in [-0.2, 0) is 6.42 Å². The molecule has 4 nitrogen and oxygen atoms in total. The molecule has 0 heterocycles. The smallest absolute Gasteiger partial charge is 0.207 e. The second kappa shape index (κ2) is 15.1. The molecule has 1 aromatic carbocycles. The highest BCUT2D eigenvalue weighted by molar-refractivity contribution is 5.66. The summed E-state index contributed by atoms with van der Waals surface area (Å²) in [5.41, 5.74) is 2.62. The van der Waals surface area contributed by atoms with E-state index in [1.54, 1.807) is 6.92 Å². The third-order valence-corrected chi connectivity index (χ3v) is 6.93. The SMILES string of the molecule is COc1c(O)c(C)c(CC=C(C)CCCC(C)CCCC(C)CCCC(C)C)c(O)c1OC. The van der Waals surface area contributed by atoms with Crippen LogP contribution in [0.3, 0.4) is 0 Å². The summed E-state index contributed by atoms with van der Waals surface area (Å²) in [4.78, 5) is 0. The maximum Gasteiger partial charge on any atom is 0.207 e. The molecule has 33 heavy (non-hydrogen) atoms. The van der Waals surface area contributed by atoms with Crippen molar-refractivity contribution in [2.24, 2.45) is 17.8 Å². The second-order valence-corrected chi connectivity index (χ2v) is 10.5. The van der Waals surface area contributed by atoms with Crippen LogP contribution in [0.4, 0.5) is 0 Å². The van der Waals surface area contributed by atoms with Gasteiger partial charge in [-0.25, -0.2) is 0 Å². The Bertz CT molecular complexity index is 736. The third-order valence-electron chi connectivity index (χ3n) is 6.93. The maximum atomic E-state index is 10.6. The predicted octanol–water partition coefficient (Wildman–Crippen LogP) is 8.35. The Hall–Kier alpha value is -1.84. The molecule has 2 atom stereocenters. The molecule has 0 aliphatic carbocycles. The second-order valence-electron chi connectivity index (χ2n) is 10.5. The Morgan fingerprint density at radius 1 is 0.788 bits per heavy atom. The summed E-state index contributed by atoms with van der Waals surface area (Å²) in [5.74, 6) is 2.89. The summed E-state index contributed by atoms with van der Waals surface area (Å²) in [7, 11) is 2.92. The zero-order valence-corrected chi connectivity index (χ0v) is 22.6. The number of methoxy groups -OCH3 is 2. The van der Waals surface area contributed by atoms with Gasteiger partial charge in [-0.1, -0.05) is 84.3 Å². The molecule has 1 aromatic rings. The van der Waals surface area contributed by atoms with Crippen LogP contribution in [0.15, 0.2) is 11.6 Å². The molecule has 0 fully saturated rings. The molecule has 0 bridgehead atoms. The van der Waals surface area contributed by atoms with Crippen molar-refractivity contribution in [1.82, 2.24) is 0 Å². The largest absolute Gasteiger partial charge is 0.504 e. The van der Waals surface area contributed by atoms with Gasteiger partial charge in [-0.3, -0.25) is 0 Å². The van der Waals surface area contributed by atoms with E-state index in [-0.39, 0.29) is 23.0 Å². The van der Waals surface area contributed by atoms with Crippen molar-refractivity contribution in [1.29, 1.82) is 0 Å². The van der Waals surface area contributed by atoms with E-state index in [9.17, 15) is 10.2 Å². The molecule has 0 saturated carbocycles. The Labute approximate surface area is 203 Å². The van der Waals surface area contributed by atoms with Crippen LogP contribution in [0.5, 0.6) is 23.0 Å². The van der Waals surface area contributed by atoms with Gasteiger partial charge in [0.2, 0.25) is 11.5 Å². The van der Waals surface area contributed by atoms with E-state index in [4.69, 9.17) is 9.47 Å². The first-order valence-electron chi connectivity index (χ1n) is 12.9. The van der Waals surface area contributed by atoms with E-state index >= 15 is 0 Å². The molecule has 2 N–H and O–H groups in total. The summed E-state index contributed by atoms with van der Waals surface area (Å²) in [6.45, 7) is 13.4. The molecule has 0 saturated heterocycles. The molecule has 0 radical (unpaired) electrons. The molecule has 0 aliphatic rings. The number of hydrogen-bond donors (Lipinski definition) is 2. The quantitative estimate of drug-likeness (QED) is 0.191. The fourth-order valence-corrected chi connectivity index (χ4v) is 4.56. The molecule has 0 aromatic heterocycles. The fraction of sp³-hybridized carbons (Fsp3) is 0.724. The minimum atomic E-state index is 0.0243. The maximum absolute atomic E-state index is 10.6. The van der Waals surface area contributed by atoms with Crippen molar-refractivity contribution in [3.63, 3.8) is 0 Å². The summed E-state index contributed by atoms with van der Waals surface area (Å²) >= 11 is 0. The van der Waals surface area contributed by atoms with Gasteiger partial charge in [-0.05, 0) is 50.9 Å². The van der Waals surface area contributed by atoms with E-state index in [0.29, 0.717) is 17.5 Å². The normalized spacial score (nSPS) is 13.9.